The van der Waals surface area contributed by atoms with Crippen LogP contribution in [0.1, 0.15) is 71.1 Å². The Balaban J connectivity index is 1.55. The summed E-state index contributed by atoms with van der Waals surface area (Å²) in [5, 5.41) is 19.3. The monoisotopic (exact) mass is 330 g/mol. The van der Waals surface area contributed by atoms with Gasteiger partial charge in [-0.05, 0) is 12.8 Å². The first-order valence-corrected chi connectivity index (χ1v) is 9.47. The number of ether oxygens (including phenoxy) is 3. The zero-order chi connectivity index (χ0) is 16.5. The van der Waals surface area contributed by atoms with Crippen molar-refractivity contribution in [3.63, 3.8) is 0 Å². The molecule has 5 atom stereocenters. The van der Waals surface area contributed by atoms with Crippen molar-refractivity contribution in [2.45, 2.75) is 102 Å². The molecule has 0 aromatic heterocycles. The number of aliphatic hydroxyl groups excluding tert-OH is 2. The highest BCUT2D eigenvalue weighted by Gasteiger charge is 2.47. The molecule has 0 aliphatic carbocycles. The number of fused-ring (bicyclic) bond motifs is 1. The molecule has 2 fully saturated rings. The minimum absolute atomic E-state index is 0.0918. The number of hydrogen-bond acceptors (Lipinski definition) is 5. The standard InChI is InChI=1S/C18H34O5/c1-2-3-4-5-6-7-8-9-10-11-16-22-15(12-19)18-17(23-16)14(20)13-21-18/h14-20H,2-13H2,1H3/t14-,15+,16?,17+,18+/m0/s1. The van der Waals surface area contributed by atoms with E-state index < -0.39 is 6.10 Å². The van der Waals surface area contributed by atoms with Gasteiger partial charge in [0, 0.05) is 0 Å². The van der Waals surface area contributed by atoms with Gasteiger partial charge in [0.15, 0.2) is 6.29 Å². The molecule has 5 nitrogen and oxygen atoms in total. The second-order valence-corrected chi connectivity index (χ2v) is 6.87. The third-order valence-corrected chi connectivity index (χ3v) is 4.89. The van der Waals surface area contributed by atoms with Crippen LogP contribution >= 0.6 is 0 Å². The van der Waals surface area contributed by atoms with Gasteiger partial charge in [0.1, 0.15) is 24.4 Å². The highest BCUT2D eigenvalue weighted by molar-refractivity contribution is 4.92. The number of aliphatic hydroxyl groups is 2. The molecule has 2 heterocycles. The van der Waals surface area contributed by atoms with Crippen LogP contribution in [0, 0.1) is 0 Å². The van der Waals surface area contributed by atoms with Crippen LogP contribution in [0.25, 0.3) is 0 Å². The number of hydrogen-bond donors (Lipinski definition) is 2. The predicted octanol–water partition coefficient (Wildman–Crippen LogP) is 2.77. The predicted molar refractivity (Wildman–Crippen MR) is 88.2 cm³/mol. The van der Waals surface area contributed by atoms with Crippen LogP contribution in [0.2, 0.25) is 0 Å². The van der Waals surface area contributed by atoms with Crippen molar-refractivity contribution >= 4 is 0 Å². The zero-order valence-electron chi connectivity index (χ0n) is 14.5. The van der Waals surface area contributed by atoms with E-state index in [1.54, 1.807) is 0 Å². The molecule has 5 heteroatoms. The van der Waals surface area contributed by atoms with E-state index in [1.807, 2.05) is 0 Å². The summed E-state index contributed by atoms with van der Waals surface area (Å²) >= 11 is 0. The molecule has 0 amide bonds. The fourth-order valence-electron chi connectivity index (χ4n) is 3.49. The highest BCUT2D eigenvalue weighted by atomic mass is 16.7. The maximum absolute atomic E-state index is 9.90. The minimum Gasteiger partial charge on any atom is -0.394 e. The van der Waals surface area contributed by atoms with Crippen molar-refractivity contribution in [3.8, 4) is 0 Å². The molecule has 0 radical (unpaired) electrons. The molecule has 136 valence electrons. The maximum Gasteiger partial charge on any atom is 0.158 e. The Kier molecular flexibility index (Phi) is 8.83. The van der Waals surface area contributed by atoms with Crippen LogP contribution in [-0.4, -0.2) is 54.1 Å². The van der Waals surface area contributed by atoms with Crippen LogP contribution in [-0.2, 0) is 14.2 Å². The van der Waals surface area contributed by atoms with Gasteiger partial charge in [-0.1, -0.05) is 58.3 Å². The van der Waals surface area contributed by atoms with Gasteiger partial charge in [-0.25, -0.2) is 0 Å². The Morgan fingerprint density at radius 2 is 1.52 bits per heavy atom. The Morgan fingerprint density at radius 1 is 0.870 bits per heavy atom. The van der Waals surface area contributed by atoms with Crippen LogP contribution in [0.15, 0.2) is 0 Å². The summed E-state index contributed by atoms with van der Waals surface area (Å²) in [5.74, 6) is 0. The average Bonchev–Trinajstić information content (AvgIpc) is 2.94. The third kappa shape index (κ3) is 5.98. The van der Waals surface area contributed by atoms with E-state index in [0.29, 0.717) is 0 Å². The first-order chi connectivity index (χ1) is 11.3. The van der Waals surface area contributed by atoms with Gasteiger partial charge in [-0.3, -0.25) is 0 Å². The van der Waals surface area contributed by atoms with Gasteiger partial charge < -0.3 is 24.4 Å². The lowest BCUT2D eigenvalue weighted by molar-refractivity contribution is -0.285. The topological polar surface area (TPSA) is 68.2 Å². The summed E-state index contributed by atoms with van der Waals surface area (Å²) in [4.78, 5) is 0. The molecule has 2 aliphatic heterocycles. The van der Waals surface area contributed by atoms with Crippen molar-refractivity contribution in [2.24, 2.45) is 0 Å². The molecule has 2 aliphatic rings. The molecule has 0 saturated carbocycles. The first kappa shape index (κ1) is 19.1. The Morgan fingerprint density at radius 3 is 2.17 bits per heavy atom. The van der Waals surface area contributed by atoms with E-state index in [2.05, 4.69) is 6.92 Å². The molecule has 2 N–H and O–H groups in total. The van der Waals surface area contributed by atoms with Crippen molar-refractivity contribution < 1.29 is 24.4 Å². The third-order valence-electron chi connectivity index (χ3n) is 4.89. The lowest BCUT2D eigenvalue weighted by atomic mass is 10.0. The lowest BCUT2D eigenvalue weighted by Crippen LogP contribution is -2.52. The number of rotatable bonds is 11. The second kappa shape index (κ2) is 10.6. The summed E-state index contributed by atoms with van der Waals surface area (Å²) in [5.41, 5.74) is 0. The lowest BCUT2D eigenvalue weighted by Gasteiger charge is -2.37. The van der Waals surface area contributed by atoms with E-state index >= 15 is 0 Å². The molecular weight excluding hydrogens is 296 g/mol. The van der Waals surface area contributed by atoms with E-state index in [-0.39, 0.29) is 37.8 Å². The van der Waals surface area contributed by atoms with Crippen LogP contribution in [0.5, 0.6) is 0 Å². The molecule has 0 aromatic carbocycles. The second-order valence-electron chi connectivity index (χ2n) is 6.87. The first-order valence-electron chi connectivity index (χ1n) is 9.47. The fraction of sp³-hybridized carbons (Fsp3) is 1.00. The molecule has 2 saturated heterocycles. The van der Waals surface area contributed by atoms with Gasteiger partial charge in [0.2, 0.25) is 0 Å². The van der Waals surface area contributed by atoms with E-state index in [4.69, 9.17) is 14.2 Å². The maximum atomic E-state index is 9.90. The summed E-state index contributed by atoms with van der Waals surface area (Å²) < 4.78 is 17.0. The smallest absolute Gasteiger partial charge is 0.158 e. The van der Waals surface area contributed by atoms with Crippen molar-refractivity contribution in [3.05, 3.63) is 0 Å². The average molecular weight is 330 g/mol. The molecule has 0 spiro atoms. The zero-order valence-corrected chi connectivity index (χ0v) is 14.5. The normalized spacial score (nSPS) is 33.8. The van der Waals surface area contributed by atoms with E-state index in [9.17, 15) is 10.2 Å². The SMILES string of the molecule is CCCCCCCCCCCC1O[C@H]2[C@H](OC[C@@H]2O)[C@@H](CO)O1. The van der Waals surface area contributed by atoms with Crippen LogP contribution in [0.3, 0.4) is 0 Å². The van der Waals surface area contributed by atoms with Gasteiger partial charge in [-0.15, -0.1) is 0 Å². The van der Waals surface area contributed by atoms with Gasteiger partial charge in [-0.2, -0.15) is 0 Å². The fourth-order valence-corrected chi connectivity index (χ4v) is 3.49. The molecule has 23 heavy (non-hydrogen) atoms. The summed E-state index contributed by atoms with van der Waals surface area (Å²) in [7, 11) is 0. The van der Waals surface area contributed by atoms with Gasteiger partial charge >= 0.3 is 0 Å². The largest absolute Gasteiger partial charge is 0.394 e. The highest BCUT2D eigenvalue weighted by Crippen LogP contribution is 2.30. The molecular formula is C18H34O5. The van der Waals surface area contributed by atoms with Crippen molar-refractivity contribution in [2.75, 3.05) is 13.2 Å². The Bertz CT molecular complexity index is 312. The van der Waals surface area contributed by atoms with Crippen molar-refractivity contribution in [1.29, 1.82) is 0 Å². The summed E-state index contributed by atoms with van der Waals surface area (Å²) in [6.45, 7) is 2.42. The minimum atomic E-state index is -0.608. The quantitative estimate of drug-likeness (QED) is 0.570. The van der Waals surface area contributed by atoms with Gasteiger partial charge in [0.25, 0.3) is 0 Å². The molecule has 1 unspecified atom stereocenters. The summed E-state index contributed by atoms with van der Waals surface area (Å²) in [6.07, 6.45) is 10.4. The van der Waals surface area contributed by atoms with Crippen LogP contribution < -0.4 is 0 Å². The van der Waals surface area contributed by atoms with Crippen LogP contribution in [0.4, 0.5) is 0 Å². The number of unbranched alkanes of at least 4 members (excludes halogenated alkanes) is 8. The summed E-state index contributed by atoms with van der Waals surface area (Å²) in [6, 6.07) is 0. The Hall–Kier alpha value is -0.200. The molecule has 2 rings (SSSR count). The van der Waals surface area contributed by atoms with Crippen molar-refractivity contribution in [1.82, 2.24) is 0 Å². The molecule has 0 bridgehead atoms. The molecule has 0 aromatic rings. The van der Waals surface area contributed by atoms with Gasteiger partial charge in [0.05, 0.1) is 13.2 Å². The van der Waals surface area contributed by atoms with E-state index in [0.717, 1.165) is 12.8 Å². The van der Waals surface area contributed by atoms with E-state index in [1.165, 1.54) is 51.4 Å². The Labute approximate surface area is 140 Å².